The van der Waals surface area contributed by atoms with Gasteiger partial charge in [0.05, 0.1) is 0 Å². The van der Waals surface area contributed by atoms with Gasteiger partial charge in [0.1, 0.15) is 16.8 Å². The monoisotopic (exact) mass is 285 g/mol. The van der Waals surface area contributed by atoms with Gasteiger partial charge in [-0.15, -0.1) is 0 Å². The van der Waals surface area contributed by atoms with Crippen LogP contribution in [-0.2, 0) is 0 Å². The normalized spacial score (nSPS) is 14.8. The molecule has 1 aromatic rings. The van der Waals surface area contributed by atoms with Gasteiger partial charge < -0.3 is 5.32 Å². The summed E-state index contributed by atoms with van der Waals surface area (Å²) in [6.45, 7) is 5.11. The van der Waals surface area contributed by atoms with Gasteiger partial charge >= 0.3 is 0 Å². The van der Waals surface area contributed by atoms with E-state index < -0.39 is 0 Å². The SMILES string of the molecule is CCSCCCNc1nc(C2CC2)nc(Cl)c1C. The summed E-state index contributed by atoms with van der Waals surface area (Å²) in [4.78, 5) is 8.96. The zero-order valence-electron chi connectivity index (χ0n) is 11.0. The highest BCUT2D eigenvalue weighted by atomic mass is 35.5. The molecule has 5 heteroatoms. The minimum absolute atomic E-state index is 0.541. The first-order valence-corrected chi connectivity index (χ1v) is 8.11. The summed E-state index contributed by atoms with van der Waals surface area (Å²) in [7, 11) is 0. The molecule has 0 atom stereocenters. The van der Waals surface area contributed by atoms with Crippen LogP contribution in [0.5, 0.6) is 0 Å². The lowest BCUT2D eigenvalue weighted by Gasteiger charge is -2.11. The molecule has 18 heavy (non-hydrogen) atoms. The molecule has 0 saturated heterocycles. The Kier molecular flexibility index (Phi) is 5.13. The minimum atomic E-state index is 0.541. The van der Waals surface area contributed by atoms with Crippen molar-refractivity contribution >= 4 is 29.2 Å². The Hall–Kier alpha value is -0.480. The molecular weight excluding hydrogens is 266 g/mol. The second-order valence-electron chi connectivity index (χ2n) is 4.60. The van der Waals surface area contributed by atoms with Crippen molar-refractivity contribution in [1.82, 2.24) is 9.97 Å². The number of rotatable bonds is 7. The van der Waals surface area contributed by atoms with Gasteiger partial charge in [0.15, 0.2) is 0 Å². The van der Waals surface area contributed by atoms with Crippen molar-refractivity contribution in [2.75, 3.05) is 23.4 Å². The first-order chi connectivity index (χ1) is 8.72. The highest BCUT2D eigenvalue weighted by Crippen LogP contribution is 2.39. The summed E-state index contributed by atoms with van der Waals surface area (Å²) in [5.74, 6) is 4.75. The van der Waals surface area contributed by atoms with Crippen LogP contribution >= 0.6 is 23.4 Å². The molecule has 0 amide bonds. The van der Waals surface area contributed by atoms with Crippen molar-refractivity contribution < 1.29 is 0 Å². The molecule has 1 saturated carbocycles. The van der Waals surface area contributed by atoms with Gasteiger partial charge in [0.2, 0.25) is 0 Å². The molecule has 0 aliphatic heterocycles. The molecule has 1 aromatic heterocycles. The van der Waals surface area contributed by atoms with Crippen LogP contribution in [0.3, 0.4) is 0 Å². The number of halogens is 1. The van der Waals surface area contributed by atoms with Crippen LogP contribution in [0.15, 0.2) is 0 Å². The fourth-order valence-electron chi connectivity index (χ4n) is 1.73. The van der Waals surface area contributed by atoms with Crippen molar-refractivity contribution in [1.29, 1.82) is 0 Å². The number of nitrogens with zero attached hydrogens (tertiary/aromatic N) is 2. The van der Waals surface area contributed by atoms with Crippen molar-refractivity contribution in [2.45, 2.75) is 39.0 Å². The molecule has 1 aliphatic rings. The zero-order valence-corrected chi connectivity index (χ0v) is 12.6. The highest BCUT2D eigenvalue weighted by molar-refractivity contribution is 7.99. The zero-order chi connectivity index (χ0) is 13.0. The summed E-state index contributed by atoms with van der Waals surface area (Å²) >= 11 is 8.13. The Balaban J connectivity index is 1.93. The van der Waals surface area contributed by atoms with E-state index >= 15 is 0 Å². The average Bonchev–Trinajstić information content (AvgIpc) is 3.18. The summed E-state index contributed by atoms with van der Waals surface area (Å²) in [5.41, 5.74) is 0.962. The van der Waals surface area contributed by atoms with Gasteiger partial charge in [-0.05, 0) is 37.7 Å². The number of nitrogens with one attached hydrogen (secondary N) is 1. The van der Waals surface area contributed by atoms with Gasteiger partial charge in [-0.25, -0.2) is 9.97 Å². The third-order valence-electron chi connectivity index (χ3n) is 3.01. The average molecular weight is 286 g/mol. The first kappa shape index (κ1) is 13.9. The molecule has 1 fully saturated rings. The predicted octanol–water partition coefficient (Wildman–Crippen LogP) is 3.87. The molecular formula is C13H20ClN3S. The topological polar surface area (TPSA) is 37.8 Å². The van der Waals surface area contributed by atoms with Crippen molar-refractivity contribution in [3.63, 3.8) is 0 Å². The van der Waals surface area contributed by atoms with Crippen LogP contribution in [0.2, 0.25) is 5.15 Å². The molecule has 0 spiro atoms. The van der Waals surface area contributed by atoms with Crippen LogP contribution in [0.25, 0.3) is 0 Å². The van der Waals surface area contributed by atoms with Gasteiger partial charge in [-0.3, -0.25) is 0 Å². The van der Waals surface area contributed by atoms with E-state index in [2.05, 4.69) is 22.2 Å². The fourth-order valence-corrected chi connectivity index (χ4v) is 2.54. The Labute approximate surface area is 118 Å². The second kappa shape index (κ2) is 6.62. The van der Waals surface area contributed by atoms with E-state index in [1.54, 1.807) is 0 Å². The smallest absolute Gasteiger partial charge is 0.137 e. The molecule has 1 N–H and O–H groups in total. The third kappa shape index (κ3) is 3.75. The molecule has 1 aliphatic carbocycles. The van der Waals surface area contributed by atoms with Crippen molar-refractivity contribution in [3.8, 4) is 0 Å². The molecule has 0 radical (unpaired) electrons. The predicted molar refractivity (Wildman–Crippen MR) is 79.9 cm³/mol. The number of aromatic nitrogens is 2. The lowest BCUT2D eigenvalue weighted by molar-refractivity contribution is 0.902. The molecule has 3 nitrogen and oxygen atoms in total. The van der Waals surface area contributed by atoms with Gasteiger partial charge in [-0.1, -0.05) is 18.5 Å². The number of anilines is 1. The maximum absolute atomic E-state index is 6.16. The van der Waals surface area contributed by atoms with Crippen LogP contribution < -0.4 is 5.32 Å². The minimum Gasteiger partial charge on any atom is -0.370 e. The van der Waals surface area contributed by atoms with Crippen molar-refractivity contribution in [2.24, 2.45) is 0 Å². The molecule has 1 heterocycles. The number of hydrogen-bond donors (Lipinski definition) is 1. The third-order valence-corrected chi connectivity index (χ3v) is 4.36. The number of thioether (sulfide) groups is 1. The molecule has 0 unspecified atom stereocenters. The molecule has 100 valence electrons. The summed E-state index contributed by atoms with van der Waals surface area (Å²) in [5, 5.41) is 3.98. The maximum Gasteiger partial charge on any atom is 0.137 e. The summed E-state index contributed by atoms with van der Waals surface area (Å²) in [6.07, 6.45) is 3.55. The Morgan fingerprint density at radius 2 is 2.17 bits per heavy atom. The molecule has 2 rings (SSSR count). The fraction of sp³-hybridized carbons (Fsp3) is 0.692. The number of hydrogen-bond acceptors (Lipinski definition) is 4. The highest BCUT2D eigenvalue weighted by Gasteiger charge is 2.27. The van der Waals surface area contributed by atoms with E-state index in [1.165, 1.54) is 24.3 Å². The van der Waals surface area contributed by atoms with E-state index in [4.69, 9.17) is 11.6 Å². The summed E-state index contributed by atoms with van der Waals surface area (Å²) < 4.78 is 0. The van der Waals surface area contributed by atoms with E-state index in [0.717, 1.165) is 30.2 Å². The van der Waals surface area contributed by atoms with Crippen LogP contribution in [-0.4, -0.2) is 28.0 Å². The van der Waals surface area contributed by atoms with E-state index in [0.29, 0.717) is 11.1 Å². The largest absolute Gasteiger partial charge is 0.370 e. The first-order valence-electron chi connectivity index (χ1n) is 6.58. The van der Waals surface area contributed by atoms with Crippen LogP contribution in [0.1, 0.15) is 43.5 Å². The second-order valence-corrected chi connectivity index (χ2v) is 6.35. The quantitative estimate of drug-likeness (QED) is 0.610. The van der Waals surface area contributed by atoms with Gasteiger partial charge in [0.25, 0.3) is 0 Å². The lowest BCUT2D eigenvalue weighted by atomic mass is 10.3. The lowest BCUT2D eigenvalue weighted by Crippen LogP contribution is -2.09. The van der Waals surface area contributed by atoms with Gasteiger partial charge in [0, 0.05) is 18.0 Å². The van der Waals surface area contributed by atoms with E-state index in [9.17, 15) is 0 Å². The Morgan fingerprint density at radius 3 is 2.83 bits per heavy atom. The van der Waals surface area contributed by atoms with Crippen LogP contribution in [0, 0.1) is 6.92 Å². The van der Waals surface area contributed by atoms with Gasteiger partial charge in [-0.2, -0.15) is 11.8 Å². The molecule has 0 aromatic carbocycles. The Bertz CT molecular complexity index is 407. The Morgan fingerprint density at radius 1 is 1.39 bits per heavy atom. The van der Waals surface area contributed by atoms with Crippen molar-refractivity contribution in [3.05, 3.63) is 16.5 Å². The standard InChI is InChI=1S/C13H20ClN3S/c1-3-18-8-4-7-15-12-9(2)11(14)16-13(17-12)10-5-6-10/h10H,3-8H2,1-2H3,(H,15,16,17). The summed E-state index contributed by atoms with van der Waals surface area (Å²) in [6, 6.07) is 0. The molecule has 0 bridgehead atoms. The maximum atomic E-state index is 6.16. The van der Waals surface area contributed by atoms with E-state index in [1.807, 2.05) is 18.7 Å². The van der Waals surface area contributed by atoms with E-state index in [-0.39, 0.29) is 0 Å². The van der Waals surface area contributed by atoms with Crippen LogP contribution in [0.4, 0.5) is 5.82 Å².